The molecule has 76 valence electrons. The topological polar surface area (TPSA) is 81.1 Å². The van der Waals surface area contributed by atoms with E-state index in [1.807, 2.05) is 6.92 Å². The summed E-state index contributed by atoms with van der Waals surface area (Å²) in [5, 5.41) is 2.70. The Hall–Kier alpha value is -1.55. The lowest BCUT2D eigenvalue weighted by Gasteiger charge is -2.08. The van der Waals surface area contributed by atoms with E-state index in [0.29, 0.717) is 24.3 Å². The Morgan fingerprint density at radius 1 is 1.50 bits per heavy atom. The number of nitrogens with two attached hydrogens (primary N) is 2. The SMILES string of the molecule is Cc1c(N)cccc1C(=O)NCCN. The van der Waals surface area contributed by atoms with Gasteiger partial charge in [0.2, 0.25) is 0 Å². The Labute approximate surface area is 83.3 Å². The van der Waals surface area contributed by atoms with Crippen LogP contribution < -0.4 is 16.8 Å². The van der Waals surface area contributed by atoms with Crippen LogP contribution in [-0.4, -0.2) is 19.0 Å². The van der Waals surface area contributed by atoms with Gasteiger partial charge >= 0.3 is 0 Å². The van der Waals surface area contributed by atoms with Crippen molar-refractivity contribution in [3.8, 4) is 0 Å². The second-order valence-electron chi connectivity index (χ2n) is 3.06. The molecule has 0 atom stereocenters. The van der Waals surface area contributed by atoms with E-state index in [1.165, 1.54) is 0 Å². The van der Waals surface area contributed by atoms with Crippen molar-refractivity contribution < 1.29 is 4.79 Å². The molecule has 4 heteroatoms. The average Bonchev–Trinajstić information content (AvgIpc) is 2.18. The minimum absolute atomic E-state index is 0.125. The highest BCUT2D eigenvalue weighted by Crippen LogP contribution is 2.14. The molecule has 0 aliphatic carbocycles. The fourth-order valence-electron chi connectivity index (χ4n) is 1.18. The Kier molecular flexibility index (Phi) is 3.48. The molecule has 1 aromatic rings. The predicted molar refractivity (Wildman–Crippen MR) is 57.0 cm³/mol. The number of hydrogen-bond acceptors (Lipinski definition) is 3. The quantitative estimate of drug-likeness (QED) is 0.602. The Balaban J connectivity index is 2.84. The van der Waals surface area contributed by atoms with E-state index < -0.39 is 0 Å². The van der Waals surface area contributed by atoms with Crippen LogP contribution in [0.4, 0.5) is 5.69 Å². The summed E-state index contributed by atoms with van der Waals surface area (Å²) in [6, 6.07) is 5.28. The number of rotatable bonds is 3. The number of carbonyl (C=O) groups is 1. The van der Waals surface area contributed by atoms with Crippen LogP contribution in [0.2, 0.25) is 0 Å². The van der Waals surface area contributed by atoms with Crippen molar-refractivity contribution in [2.45, 2.75) is 6.92 Å². The van der Waals surface area contributed by atoms with Gasteiger partial charge in [-0.3, -0.25) is 4.79 Å². The highest BCUT2D eigenvalue weighted by Gasteiger charge is 2.08. The van der Waals surface area contributed by atoms with Crippen molar-refractivity contribution in [3.63, 3.8) is 0 Å². The molecule has 0 aliphatic rings. The van der Waals surface area contributed by atoms with Gasteiger partial charge in [-0.2, -0.15) is 0 Å². The molecule has 0 spiro atoms. The number of nitrogens with one attached hydrogen (secondary N) is 1. The van der Waals surface area contributed by atoms with E-state index in [1.54, 1.807) is 18.2 Å². The van der Waals surface area contributed by atoms with Crippen LogP contribution >= 0.6 is 0 Å². The van der Waals surface area contributed by atoms with Gasteiger partial charge in [-0.05, 0) is 24.6 Å². The first-order chi connectivity index (χ1) is 6.66. The molecular formula is C10H15N3O. The van der Waals surface area contributed by atoms with Crippen LogP contribution in [0.1, 0.15) is 15.9 Å². The van der Waals surface area contributed by atoms with Crippen molar-refractivity contribution in [1.82, 2.24) is 5.32 Å². The predicted octanol–water partition coefficient (Wildman–Crippen LogP) is 0.266. The van der Waals surface area contributed by atoms with E-state index in [4.69, 9.17) is 11.5 Å². The summed E-state index contributed by atoms with van der Waals surface area (Å²) in [7, 11) is 0. The Morgan fingerprint density at radius 3 is 2.86 bits per heavy atom. The molecule has 0 aliphatic heterocycles. The van der Waals surface area contributed by atoms with E-state index in [-0.39, 0.29) is 5.91 Å². The summed E-state index contributed by atoms with van der Waals surface area (Å²) in [6.45, 7) is 2.74. The molecule has 1 aromatic carbocycles. The Morgan fingerprint density at radius 2 is 2.21 bits per heavy atom. The van der Waals surface area contributed by atoms with Crippen molar-refractivity contribution in [1.29, 1.82) is 0 Å². The molecule has 14 heavy (non-hydrogen) atoms. The van der Waals surface area contributed by atoms with Crippen LogP contribution in [0.25, 0.3) is 0 Å². The fraction of sp³-hybridized carbons (Fsp3) is 0.300. The maximum absolute atomic E-state index is 11.6. The van der Waals surface area contributed by atoms with Crippen LogP contribution in [0, 0.1) is 6.92 Å². The number of carbonyl (C=O) groups excluding carboxylic acids is 1. The molecule has 0 aromatic heterocycles. The first kappa shape index (κ1) is 10.5. The third-order valence-electron chi connectivity index (χ3n) is 2.05. The van der Waals surface area contributed by atoms with Gasteiger partial charge < -0.3 is 16.8 Å². The minimum Gasteiger partial charge on any atom is -0.398 e. The van der Waals surface area contributed by atoms with Gasteiger partial charge in [-0.25, -0.2) is 0 Å². The normalized spacial score (nSPS) is 9.86. The van der Waals surface area contributed by atoms with E-state index in [0.717, 1.165) is 5.56 Å². The molecule has 1 amide bonds. The maximum Gasteiger partial charge on any atom is 0.251 e. The second kappa shape index (κ2) is 4.62. The molecular weight excluding hydrogens is 178 g/mol. The van der Waals surface area contributed by atoms with Gasteiger partial charge in [0.05, 0.1) is 0 Å². The summed E-state index contributed by atoms with van der Waals surface area (Å²) in [6.07, 6.45) is 0. The summed E-state index contributed by atoms with van der Waals surface area (Å²) in [5.41, 5.74) is 13.0. The number of anilines is 1. The lowest BCUT2D eigenvalue weighted by Crippen LogP contribution is -2.29. The fourth-order valence-corrected chi connectivity index (χ4v) is 1.18. The third-order valence-corrected chi connectivity index (χ3v) is 2.05. The molecule has 0 saturated carbocycles. The lowest BCUT2D eigenvalue weighted by molar-refractivity contribution is 0.0954. The molecule has 5 N–H and O–H groups in total. The van der Waals surface area contributed by atoms with Crippen molar-refractivity contribution in [2.24, 2.45) is 5.73 Å². The second-order valence-corrected chi connectivity index (χ2v) is 3.06. The first-order valence-electron chi connectivity index (χ1n) is 4.50. The van der Waals surface area contributed by atoms with Crippen molar-refractivity contribution >= 4 is 11.6 Å². The summed E-state index contributed by atoms with van der Waals surface area (Å²) in [4.78, 5) is 11.6. The smallest absolute Gasteiger partial charge is 0.251 e. The summed E-state index contributed by atoms with van der Waals surface area (Å²) < 4.78 is 0. The van der Waals surface area contributed by atoms with Crippen LogP contribution in [-0.2, 0) is 0 Å². The average molecular weight is 193 g/mol. The van der Waals surface area contributed by atoms with Crippen molar-refractivity contribution in [2.75, 3.05) is 18.8 Å². The minimum atomic E-state index is -0.125. The summed E-state index contributed by atoms with van der Waals surface area (Å²) >= 11 is 0. The van der Waals surface area contributed by atoms with Crippen molar-refractivity contribution in [3.05, 3.63) is 29.3 Å². The molecule has 0 unspecified atom stereocenters. The lowest BCUT2D eigenvalue weighted by atomic mass is 10.1. The largest absolute Gasteiger partial charge is 0.398 e. The van der Waals surface area contributed by atoms with E-state index in [9.17, 15) is 4.79 Å². The molecule has 0 radical (unpaired) electrons. The van der Waals surface area contributed by atoms with Gasteiger partial charge in [-0.15, -0.1) is 0 Å². The van der Waals surface area contributed by atoms with Gasteiger partial charge in [0.15, 0.2) is 0 Å². The molecule has 0 fully saturated rings. The van der Waals surface area contributed by atoms with Crippen LogP contribution in [0.3, 0.4) is 0 Å². The molecule has 4 nitrogen and oxygen atoms in total. The zero-order valence-electron chi connectivity index (χ0n) is 8.21. The number of nitrogen functional groups attached to an aromatic ring is 1. The third kappa shape index (κ3) is 2.23. The molecule has 0 saturated heterocycles. The van der Waals surface area contributed by atoms with Crippen LogP contribution in [0.5, 0.6) is 0 Å². The molecule has 1 rings (SSSR count). The zero-order valence-corrected chi connectivity index (χ0v) is 8.21. The highest BCUT2D eigenvalue weighted by molar-refractivity contribution is 5.96. The monoisotopic (exact) mass is 193 g/mol. The zero-order chi connectivity index (χ0) is 10.6. The van der Waals surface area contributed by atoms with Gasteiger partial charge in [-0.1, -0.05) is 6.07 Å². The van der Waals surface area contributed by atoms with Gasteiger partial charge in [0.1, 0.15) is 0 Å². The summed E-state index contributed by atoms with van der Waals surface area (Å²) in [5.74, 6) is -0.125. The van der Waals surface area contributed by atoms with E-state index in [2.05, 4.69) is 5.32 Å². The first-order valence-corrected chi connectivity index (χ1v) is 4.50. The highest BCUT2D eigenvalue weighted by atomic mass is 16.1. The maximum atomic E-state index is 11.6. The van der Waals surface area contributed by atoms with E-state index >= 15 is 0 Å². The Bertz CT molecular complexity index is 336. The molecule has 0 heterocycles. The number of amides is 1. The number of hydrogen-bond donors (Lipinski definition) is 3. The van der Waals surface area contributed by atoms with Gasteiger partial charge in [0.25, 0.3) is 5.91 Å². The van der Waals surface area contributed by atoms with Gasteiger partial charge in [0, 0.05) is 24.3 Å². The van der Waals surface area contributed by atoms with Crippen LogP contribution in [0.15, 0.2) is 18.2 Å². The molecule has 0 bridgehead atoms. The standard InChI is InChI=1S/C10H15N3O/c1-7-8(3-2-4-9(7)12)10(14)13-6-5-11/h2-4H,5-6,11-12H2,1H3,(H,13,14). The number of benzene rings is 1.